The van der Waals surface area contributed by atoms with Gasteiger partial charge in [0.15, 0.2) is 0 Å². The fourth-order valence-electron chi connectivity index (χ4n) is 8.16. The number of nitrogens with one attached hydrogen (secondary N) is 1. The Morgan fingerprint density at radius 2 is 1.57 bits per heavy atom. The van der Waals surface area contributed by atoms with Crippen LogP contribution in [0.1, 0.15) is 84.0 Å². The molecule has 1 aliphatic heterocycles. The zero-order chi connectivity index (χ0) is 25.7. The number of carbonyl (C=O) groups excluding carboxylic acids is 1. The summed E-state index contributed by atoms with van der Waals surface area (Å²) in [5, 5.41) is 44.2. The second-order valence-electron chi connectivity index (χ2n) is 12.4. The summed E-state index contributed by atoms with van der Waals surface area (Å²) >= 11 is 0. The summed E-state index contributed by atoms with van der Waals surface area (Å²) in [6.45, 7) is 4.29. The van der Waals surface area contributed by atoms with Crippen molar-refractivity contribution in [3.63, 3.8) is 0 Å². The molecule has 1 saturated heterocycles. The molecule has 216 valence electrons. The molecule has 0 aromatic rings. The highest BCUT2D eigenvalue weighted by atomic mass is 35.5. The minimum Gasteiger partial charge on any atom is -0.395 e. The van der Waals surface area contributed by atoms with E-state index >= 15 is 0 Å². The maximum Gasteiger partial charge on any atom is 0.240 e. The second-order valence-corrected chi connectivity index (χ2v) is 12.4. The number of ether oxygens (including phenoxy) is 1. The van der Waals surface area contributed by atoms with E-state index in [4.69, 9.17) is 4.74 Å². The molecule has 5 rings (SSSR count). The van der Waals surface area contributed by atoms with E-state index in [1.807, 2.05) is 0 Å². The molecule has 4 bridgehead atoms. The SMILES string of the molecule is CCCCCNC(=O)[C@@H]1[C@H](O)[C@@H](O)[C@H](O)[C@@H](CO)N1CCCCCOCC12CC3CC(CC(C3)C1)C2.Cl. The van der Waals surface area contributed by atoms with Crippen LogP contribution >= 0.6 is 12.4 Å². The molecular weight excluding hydrogens is 496 g/mol. The molecule has 5 aliphatic rings. The quantitative estimate of drug-likeness (QED) is 0.212. The highest BCUT2D eigenvalue weighted by Gasteiger charge is 2.51. The van der Waals surface area contributed by atoms with Gasteiger partial charge in [0.1, 0.15) is 24.4 Å². The van der Waals surface area contributed by atoms with Crippen LogP contribution in [0.2, 0.25) is 0 Å². The van der Waals surface area contributed by atoms with Gasteiger partial charge in [-0.2, -0.15) is 0 Å². The lowest BCUT2D eigenvalue weighted by Crippen LogP contribution is -2.70. The number of rotatable bonds is 14. The van der Waals surface area contributed by atoms with Crippen molar-refractivity contribution in [3.8, 4) is 0 Å². The average Bonchev–Trinajstić information content (AvgIpc) is 2.84. The van der Waals surface area contributed by atoms with E-state index in [1.54, 1.807) is 4.90 Å². The first kappa shape index (κ1) is 31.1. The fourth-order valence-corrected chi connectivity index (χ4v) is 8.16. The van der Waals surface area contributed by atoms with Crippen LogP contribution in [0.15, 0.2) is 0 Å². The lowest BCUT2D eigenvalue weighted by molar-refractivity contribution is -0.178. The minimum absolute atomic E-state index is 0. The first-order chi connectivity index (χ1) is 17.4. The number of nitrogens with zero attached hydrogens (tertiary/aromatic N) is 1. The van der Waals surface area contributed by atoms with Crippen molar-refractivity contribution in [1.82, 2.24) is 10.2 Å². The molecule has 5 atom stereocenters. The number of piperidine rings is 1. The second kappa shape index (κ2) is 14.2. The molecule has 0 unspecified atom stereocenters. The number of halogens is 1. The first-order valence-electron chi connectivity index (χ1n) is 14.6. The zero-order valence-electron chi connectivity index (χ0n) is 22.6. The number of carbonyl (C=O) groups is 1. The number of hydrogen-bond acceptors (Lipinski definition) is 7. The number of unbranched alkanes of at least 4 members (excludes halogenated alkanes) is 4. The normalized spacial score (nSPS) is 38.9. The van der Waals surface area contributed by atoms with Gasteiger partial charge in [-0.25, -0.2) is 0 Å². The predicted molar refractivity (Wildman–Crippen MR) is 144 cm³/mol. The molecule has 0 aromatic heterocycles. The van der Waals surface area contributed by atoms with Gasteiger partial charge in [0.25, 0.3) is 0 Å². The lowest BCUT2D eigenvalue weighted by atomic mass is 9.50. The van der Waals surface area contributed by atoms with Crippen molar-refractivity contribution in [3.05, 3.63) is 0 Å². The summed E-state index contributed by atoms with van der Waals surface area (Å²) in [6.07, 6.45) is 9.70. The molecule has 1 heterocycles. The molecular formula is C28H51ClN2O6. The number of hydrogen-bond donors (Lipinski definition) is 5. The summed E-state index contributed by atoms with van der Waals surface area (Å²) < 4.78 is 6.19. The first-order valence-corrected chi connectivity index (χ1v) is 14.6. The van der Waals surface area contributed by atoms with Crippen molar-refractivity contribution in [2.75, 3.05) is 32.9 Å². The molecule has 1 amide bonds. The standard InChI is InChI=1S/C28H50N2O6.ClH/c1-2-3-5-8-29-27(35)23-25(33)26(34)24(32)22(17-31)30(23)9-6-4-7-10-36-18-28-14-19-11-20(15-28)13-21(12-19)16-28;/h19-26,31-34H,2-18H2,1H3,(H,29,35);1H/t19?,20?,21?,22-,23+,24-,25+,26+,28?;/m1./s1. The van der Waals surface area contributed by atoms with Crippen LogP contribution in [0.4, 0.5) is 0 Å². The van der Waals surface area contributed by atoms with Gasteiger partial charge in [0, 0.05) is 13.2 Å². The maximum absolute atomic E-state index is 12.9. The molecule has 0 spiro atoms. The maximum atomic E-state index is 12.9. The van der Waals surface area contributed by atoms with Crippen molar-refractivity contribution < 1.29 is 30.0 Å². The highest BCUT2D eigenvalue weighted by Crippen LogP contribution is 2.60. The van der Waals surface area contributed by atoms with E-state index in [0.717, 1.165) is 69.5 Å². The third-order valence-corrected chi connectivity index (χ3v) is 9.51. The largest absolute Gasteiger partial charge is 0.395 e. The number of likely N-dealkylation sites (tertiary alicyclic amines) is 1. The summed E-state index contributed by atoms with van der Waals surface area (Å²) in [5.41, 5.74) is 0.432. The van der Waals surface area contributed by atoms with Gasteiger partial charge in [0.2, 0.25) is 5.91 Å². The van der Waals surface area contributed by atoms with E-state index < -0.39 is 37.0 Å². The van der Waals surface area contributed by atoms with Crippen LogP contribution in [0.5, 0.6) is 0 Å². The van der Waals surface area contributed by atoms with Crippen molar-refractivity contribution >= 4 is 18.3 Å². The Hall–Kier alpha value is -0.480. The fraction of sp³-hybridized carbons (Fsp3) is 0.964. The molecule has 4 aliphatic carbocycles. The molecule has 9 heteroatoms. The Balaban J connectivity index is 0.00000380. The van der Waals surface area contributed by atoms with Gasteiger partial charge in [-0.15, -0.1) is 12.4 Å². The Labute approximate surface area is 228 Å². The molecule has 5 N–H and O–H groups in total. The van der Waals surface area contributed by atoms with Crippen molar-refractivity contribution in [2.24, 2.45) is 23.2 Å². The Morgan fingerprint density at radius 3 is 2.16 bits per heavy atom. The van der Waals surface area contributed by atoms with E-state index in [9.17, 15) is 25.2 Å². The van der Waals surface area contributed by atoms with Crippen LogP contribution < -0.4 is 5.32 Å². The van der Waals surface area contributed by atoms with Crippen molar-refractivity contribution in [1.29, 1.82) is 0 Å². The van der Waals surface area contributed by atoms with Crippen LogP contribution in [0.25, 0.3) is 0 Å². The molecule has 0 aromatic carbocycles. The average molecular weight is 547 g/mol. The minimum atomic E-state index is -1.47. The third kappa shape index (κ3) is 7.38. The molecule has 5 fully saturated rings. The van der Waals surface area contributed by atoms with Crippen LogP contribution in [0, 0.1) is 23.2 Å². The predicted octanol–water partition coefficient (Wildman–Crippen LogP) is 2.25. The van der Waals surface area contributed by atoms with Crippen molar-refractivity contribution in [2.45, 2.75) is 114 Å². The molecule has 4 saturated carbocycles. The van der Waals surface area contributed by atoms with Gasteiger partial charge in [-0.3, -0.25) is 9.69 Å². The Kier molecular flexibility index (Phi) is 12.0. The smallest absolute Gasteiger partial charge is 0.240 e. The molecule has 37 heavy (non-hydrogen) atoms. The lowest BCUT2D eigenvalue weighted by Gasteiger charge is -2.56. The summed E-state index contributed by atoms with van der Waals surface area (Å²) in [6, 6.07) is -1.78. The summed E-state index contributed by atoms with van der Waals surface area (Å²) in [5.74, 6) is 2.45. The molecule has 0 radical (unpaired) electrons. The van der Waals surface area contributed by atoms with E-state index in [2.05, 4.69) is 12.2 Å². The number of aliphatic hydroxyl groups excluding tert-OH is 4. The van der Waals surface area contributed by atoms with Gasteiger partial charge < -0.3 is 30.5 Å². The highest BCUT2D eigenvalue weighted by molar-refractivity contribution is 5.85. The number of aliphatic hydroxyl groups is 4. The number of amides is 1. The van der Waals surface area contributed by atoms with Gasteiger partial charge in [0.05, 0.1) is 19.3 Å². The summed E-state index contributed by atoms with van der Waals surface area (Å²) in [4.78, 5) is 14.6. The third-order valence-electron chi connectivity index (χ3n) is 9.51. The Morgan fingerprint density at radius 1 is 0.919 bits per heavy atom. The van der Waals surface area contributed by atoms with Crippen LogP contribution in [-0.2, 0) is 9.53 Å². The van der Waals surface area contributed by atoms with Crippen LogP contribution in [0.3, 0.4) is 0 Å². The summed E-state index contributed by atoms with van der Waals surface area (Å²) in [7, 11) is 0. The van der Waals surface area contributed by atoms with E-state index in [1.165, 1.54) is 38.5 Å². The van der Waals surface area contributed by atoms with Gasteiger partial charge in [-0.05, 0) is 93.9 Å². The van der Waals surface area contributed by atoms with Crippen LogP contribution in [-0.4, -0.2) is 94.5 Å². The molecule has 8 nitrogen and oxygen atoms in total. The van der Waals surface area contributed by atoms with Gasteiger partial charge >= 0.3 is 0 Å². The topological polar surface area (TPSA) is 122 Å². The zero-order valence-corrected chi connectivity index (χ0v) is 23.4. The Bertz CT molecular complexity index is 677. The van der Waals surface area contributed by atoms with Gasteiger partial charge in [-0.1, -0.05) is 19.8 Å². The monoisotopic (exact) mass is 546 g/mol. The van der Waals surface area contributed by atoms with E-state index in [-0.39, 0.29) is 18.3 Å². The van der Waals surface area contributed by atoms with E-state index in [0.29, 0.717) is 18.5 Å².